The second-order valence-electron chi connectivity index (χ2n) is 4.64. The molecule has 6 heteroatoms. The average Bonchev–Trinajstić information content (AvgIpc) is 3.01. The zero-order valence-corrected chi connectivity index (χ0v) is 10.4. The molecule has 1 aliphatic carbocycles. The lowest BCUT2D eigenvalue weighted by Crippen LogP contribution is -2.33. The van der Waals surface area contributed by atoms with E-state index in [9.17, 15) is 0 Å². The van der Waals surface area contributed by atoms with Gasteiger partial charge in [-0.15, -0.1) is 5.10 Å². The third-order valence-electron chi connectivity index (χ3n) is 2.79. The van der Waals surface area contributed by atoms with E-state index in [4.69, 9.17) is 9.52 Å². The number of aliphatic hydroxyl groups is 1. The maximum absolute atomic E-state index is 8.99. The first kappa shape index (κ1) is 12.3. The number of nitrogens with zero attached hydrogens (tertiary/aromatic N) is 3. The van der Waals surface area contributed by atoms with Gasteiger partial charge in [-0.1, -0.05) is 5.10 Å². The summed E-state index contributed by atoms with van der Waals surface area (Å²) in [7, 11) is 0. The highest BCUT2D eigenvalue weighted by atomic mass is 16.4. The highest BCUT2D eigenvalue weighted by molar-refractivity contribution is 5.25. The Bertz CT molecular complexity index is 349. The lowest BCUT2D eigenvalue weighted by atomic mass is 10.3. The minimum Gasteiger partial charge on any atom is -0.407 e. The van der Waals surface area contributed by atoms with Crippen LogP contribution in [0.4, 0.5) is 6.01 Å². The molecule has 1 aromatic heterocycles. The van der Waals surface area contributed by atoms with Gasteiger partial charge in [-0.2, -0.15) is 0 Å². The van der Waals surface area contributed by atoms with Crippen molar-refractivity contribution in [3.63, 3.8) is 0 Å². The van der Waals surface area contributed by atoms with Crippen LogP contribution in [0.5, 0.6) is 0 Å². The first-order valence-electron chi connectivity index (χ1n) is 6.14. The molecule has 0 radical (unpaired) electrons. The van der Waals surface area contributed by atoms with Crippen molar-refractivity contribution in [3.05, 3.63) is 5.89 Å². The SMILES string of the molecule is CC(C)N(CCO)c1nnc(CNC2CC2)o1. The molecule has 1 saturated carbocycles. The molecule has 96 valence electrons. The van der Waals surface area contributed by atoms with Gasteiger partial charge < -0.3 is 19.7 Å². The fourth-order valence-electron chi connectivity index (χ4n) is 1.63. The molecular formula is C11H20N4O2. The summed E-state index contributed by atoms with van der Waals surface area (Å²) in [5, 5.41) is 20.3. The molecule has 0 saturated heterocycles. The number of anilines is 1. The summed E-state index contributed by atoms with van der Waals surface area (Å²) >= 11 is 0. The van der Waals surface area contributed by atoms with E-state index in [1.54, 1.807) is 0 Å². The molecule has 1 aromatic rings. The van der Waals surface area contributed by atoms with Crippen molar-refractivity contribution in [1.82, 2.24) is 15.5 Å². The molecule has 2 N–H and O–H groups in total. The van der Waals surface area contributed by atoms with E-state index in [2.05, 4.69) is 15.5 Å². The number of aromatic nitrogens is 2. The number of hydrogen-bond acceptors (Lipinski definition) is 6. The van der Waals surface area contributed by atoms with Crippen molar-refractivity contribution in [2.24, 2.45) is 0 Å². The molecule has 6 nitrogen and oxygen atoms in total. The molecule has 1 aliphatic rings. The van der Waals surface area contributed by atoms with Crippen LogP contribution in [0.2, 0.25) is 0 Å². The topological polar surface area (TPSA) is 74.4 Å². The zero-order valence-electron chi connectivity index (χ0n) is 10.4. The Morgan fingerprint density at radius 3 is 2.82 bits per heavy atom. The summed E-state index contributed by atoms with van der Waals surface area (Å²) in [5.74, 6) is 0.607. The Hall–Kier alpha value is -1.14. The largest absolute Gasteiger partial charge is 0.407 e. The van der Waals surface area contributed by atoms with Crippen molar-refractivity contribution < 1.29 is 9.52 Å². The van der Waals surface area contributed by atoms with E-state index < -0.39 is 0 Å². The van der Waals surface area contributed by atoms with Crippen LogP contribution in [-0.4, -0.2) is 40.5 Å². The highest BCUT2D eigenvalue weighted by Gasteiger charge is 2.22. The predicted octanol–water partition coefficient (Wildman–Crippen LogP) is 0.529. The smallest absolute Gasteiger partial charge is 0.318 e. The molecule has 0 aromatic carbocycles. The van der Waals surface area contributed by atoms with Crippen LogP contribution in [0, 0.1) is 0 Å². The van der Waals surface area contributed by atoms with E-state index in [0.717, 1.165) is 0 Å². The lowest BCUT2D eigenvalue weighted by molar-refractivity contribution is 0.294. The lowest BCUT2D eigenvalue weighted by Gasteiger charge is -2.22. The Balaban J connectivity index is 1.93. The van der Waals surface area contributed by atoms with E-state index in [-0.39, 0.29) is 12.6 Å². The Morgan fingerprint density at radius 1 is 1.47 bits per heavy atom. The van der Waals surface area contributed by atoms with E-state index >= 15 is 0 Å². The minimum atomic E-state index is 0.0796. The van der Waals surface area contributed by atoms with Gasteiger partial charge in [0.05, 0.1) is 13.2 Å². The van der Waals surface area contributed by atoms with Crippen molar-refractivity contribution in [1.29, 1.82) is 0 Å². The van der Waals surface area contributed by atoms with Gasteiger partial charge in [-0.25, -0.2) is 0 Å². The van der Waals surface area contributed by atoms with Crippen LogP contribution in [-0.2, 0) is 6.54 Å². The summed E-state index contributed by atoms with van der Waals surface area (Å²) in [5.41, 5.74) is 0. The van der Waals surface area contributed by atoms with E-state index in [0.29, 0.717) is 31.0 Å². The number of hydrogen-bond donors (Lipinski definition) is 2. The third kappa shape index (κ3) is 3.41. The van der Waals surface area contributed by atoms with Crippen LogP contribution < -0.4 is 10.2 Å². The molecule has 2 rings (SSSR count). The number of aliphatic hydroxyl groups excluding tert-OH is 1. The highest BCUT2D eigenvalue weighted by Crippen LogP contribution is 2.20. The molecule has 1 fully saturated rings. The van der Waals surface area contributed by atoms with Crippen molar-refractivity contribution in [3.8, 4) is 0 Å². The van der Waals surface area contributed by atoms with E-state index in [1.807, 2.05) is 18.7 Å². The maximum atomic E-state index is 8.99. The first-order chi connectivity index (χ1) is 8.20. The third-order valence-corrected chi connectivity index (χ3v) is 2.79. The Kier molecular flexibility index (Phi) is 3.96. The summed E-state index contributed by atoms with van der Waals surface area (Å²) in [6, 6.07) is 1.34. The standard InChI is InChI=1S/C11H20N4O2/c1-8(2)15(5-6-16)11-14-13-10(17-11)7-12-9-3-4-9/h8-9,12,16H,3-7H2,1-2H3. The molecular weight excluding hydrogens is 220 g/mol. The predicted molar refractivity (Wildman–Crippen MR) is 63.7 cm³/mol. The quantitative estimate of drug-likeness (QED) is 0.724. The summed E-state index contributed by atoms with van der Waals surface area (Å²) in [6.07, 6.45) is 2.48. The fraction of sp³-hybridized carbons (Fsp3) is 0.818. The number of nitrogens with one attached hydrogen (secondary N) is 1. The van der Waals surface area contributed by atoms with Gasteiger partial charge >= 0.3 is 6.01 Å². The van der Waals surface area contributed by atoms with Gasteiger partial charge in [-0.05, 0) is 26.7 Å². The van der Waals surface area contributed by atoms with Gasteiger partial charge in [-0.3, -0.25) is 0 Å². The maximum Gasteiger partial charge on any atom is 0.318 e. The molecule has 0 spiro atoms. The molecule has 0 unspecified atom stereocenters. The second-order valence-corrected chi connectivity index (χ2v) is 4.64. The number of rotatable bonds is 7. The summed E-state index contributed by atoms with van der Waals surface area (Å²) in [6.45, 7) is 5.28. The van der Waals surface area contributed by atoms with Crippen molar-refractivity contribution in [2.45, 2.75) is 45.3 Å². The van der Waals surface area contributed by atoms with Crippen molar-refractivity contribution in [2.75, 3.05) is 18.1 Å². The molecule has 0 bridgehead atoms. The Morgan fingerprint density at radius 2 is 2.24 bits per heavy atom. The van der Waals surface area contributed by atoms with Crippen LogP contribution in [0.3, 0.4) is 0 Å². The first-order valence-corrected chi connectivity index (χ1v) is 6.14. The van der Waals surface area contributed by atoms with Gasteiger partial charge in [0.2, 0.25) is 5.89 Å². The fourth-order valence-corrected chi connectivity index (χ4v) is 1.63. The monoisotopic (exact) mass is 240 g/mol. The summed E-state index contributed by atoms with van der Waals surface area (Å²) < 4.78 is 5.57. The van der Waals surface area contributed by atoms with Crippen LogP contribution >= 0.6 is 0 Å². The van der Waals surface area contributed by atoms with Crippen LogP contribution in [0.15, 0.2) is 4.42 Å². The zero-order chi connectivity index (χ0) is 12.3. The Labute approximate surface area is 101 Å². The van der Waals surface area contributed by atoms with Crippen LogP contribution in [0.25, 0.3) is 0 Å². The van der Waals surface area contributed by atoms with Crippen LogP contribution in [0.1, 0.15) is 32.6 Å². The molecule has 0 atom stereocenters. The van der Waals surface area contributed by atoms with Gasteiger partial charge in [0.15, 0.2) is 0 Å². The summed E-state index contributed by atoms with van der Waals surface area (Å²) in [4.78, 5) is 1.90. The molecule has 0 aliphatic heterocycles. The van der Waals surface area contributed by atoms with E-state index in [1.165, 1.54) is 12.8 Å². The van der Waals surface area contributed by atoms with Gasteiger partial charge in [0.25, 0.3) is 0 Å². The molecule has 1 heterocycles. The van der Waals surface area contributed by atoms with Gasteiger partial charge in [0.1, 0.15) is 0 Å². The minimum absolute atomic E-state index is 0.0796. The molecule has 0 amide bonds. The second kappa shape index (κ2) is 5.46. The van der Waals surface area contributed by atoms with Crippen molar-refractivity contribution >= 4 is 6.01 Å². The molecule has 17 heavy (non-hydrogen) atoms. The van der Waals surface area contributed by atoms with Gasteiger partial charge in [0, 0.05) is 18.6 Å². The normalized spacial score (nSPS) is 15.5. The average molecular weight is 240 g/mol.